The fourth-order valence-electron chi connectivity index (χ4n) is 3.50. The number of carbonyl (C=O) groups is 2. The molecule has 1 heterocycles. The number of para-hydroxylation sites is 2. The lowest BCUT2D eigenvalue weighted by molar-refractivity contribution is -0.193. The minimum Gasteiger partial charge on any atom is -0.491 e. The zero-order valence-corrected chi connectivity index (χ0v) is 22.4. The number of aryl methyl sites for hydroxylation is 1. The average Bonchev–Trinajstić information content (AvgIpc) is 3.19. The quantitative estimate of drug-likeness (QED) is 0.216. The predicted molar refractivity (Wildman–Crippen MR) is 141 cm³/mol. The molecule has 0 aliphatic heterocycles. The van der Waals surface area contributed by atoms with Gasteiger partial charge in [-0.25, -0.2) is 9.59 Å². The highest BCUT2D eigenvalue weighted by Crippen LogP contribution is 2.17. The molecular formula is C28H27F6N3O6. The lowest BCUT2D eigenvalue weighted by atomic mass is 10.2. The van der Waals surface area contributed by atoms with Crippen LogP contribution < -0.4 is 10.4 Å². The Hall–Kier alpha value is -4.79. The summed E-state index contributed by atoms with van der Waals surface area (Å²) in [6, 6.07) is 25.8. The number of alkyl halides is 6. The van der Waals surface area contributed by atoms with E-state index in [0.717, 1.165) is 22.3 Å². The second-order valence-corrected chi connectivity index (χ2v) is 8.88. The minimum absolute atomic E-state index is 0.174. The van der Waals surface area contributed by atoms with Crippen molar-refractivity contribution in [2.24, 2.45) is 0 Å². The SMILES string of the molecule is Cc1ccc(OCC(O)Cn2c(=N)n(Cc3ccccc3)c3ccccc32)cc1.O=C(O)C(F)(F)F.O=C(O)C(F)(F)F. The molecule has 0 bridgehead atoms. The summed E-state index contributed by atoms with van der Waals surface area (Å²) in [6.45, 7) is 3.11. The van der Waals surface area contributed by atoms with Crippen molar-refractivity contribution in [2.75, 3.05) is 6.61 Å². The Morgan fingerprint density at radius 1 is 0.791 bits per heavy atom. The summed E-state index contributed by atoms with van der Waals surface area (Å²) in [5, 5.41) is 33.5. The number of aliphatic carboxylic acids is 2. The normalized spacial score (nSPS) is 11.9. The Kier molecular flexibility index (Phi) is 11.9. The van der Waals surface area contributed by atoms with Crippen molar-refractivity contribution in [1.82, 2.24) is 9.13 Å². The molecule has 232 valence electrons. The first-order valence-corrected chi connectivity index (χ1v) is 12.2. The van der Waals surface area contributed by atoms with E-state index in [1.54, 1.807) is 0 Å². The number of ether oxygens (including phenoxy) is 1. The Labute approximate surface area is 240 Å². The topological polar surface area (TPSA) is 138 Å². The summed E-state index contributed by atoms with van der Waals surface area (Å²) < 4.78 is 73.0. The van der Waals surface area contributed by atoms with E-state index in [0.29, 0.717) is 18.7 Å². The number of halogens is 6. The van der Waals surface area contributed by atoms with E-state index in [2.05, 4.69) is 12.1 Å². The first-order valence-electron chi connectivity index (χ1n) is 12.2. The van der Waals surface area contributed by atoms with E-state index in [1.807, 2.05) is 82.8 Å². The molecule has 0 spiro atoms. The van der Waals surface area contributed by atoms with Gasteiger partial charge in [0.1, 0.15) is 18.5 Å². The van der Waals surface area contributed by atoms with Crippen LogP contribution in [0.4, 0.5) is 26.3 Å². The van der Waals surface area contributed by atoms with Gasteiger partial charge >= 0.3 is 24.3 Å². The number of aliphatic hydroxyl groups is 1. The third-order valence-corrected chi connectivity index (χ3v) is 5.50. The van der Waals surface area contributed by atoms with Crippen molar-refractivity contribution in [3.63, 3.8) is 0 Å². The number of aromatic nitrogens is 2. The molecule has 1 aromatic heterocycles. The Balaban J connectivity index is 0.000000384. The van der Waals surface area contributed by atoms with Gasteiger partial charge in [0.15, 0.2) is 0 Å². The molecule has 0 saturated carbocycles. The Bertz CT molecular complexity index is 1520. The monoisotopic (exact) mass is 615 g/mol. The number of rotatable bonds is 7. The lowest BCUT2D eigenvalue weighted by Gasteiger charge is -2.14. The molecule has 9 nitrogen and oxygen atoms in total. The van der Waals surface area contributed by atoms with Crippen LogP contribution in [-0.2, 0) is 22.7 Å². The van der Waals surface area contributed by atoms with Gasteiger partial charge in [0, 0.05) is 0 Å². The summed E-state index contributed by atoms with van der Waals surface area (Å²) in [6.07, 6.45) is -10.9. The number of nitrogens with one attached hydrogen (secondary N) is 1. The van der Waals surface area contributed by atoms with Gasteiger partial charge in [-0.2, -0.15) is 26.3 Å². The molecule has 3 aromatic carbocycles. The van der Waals surface area contributed by atoms with Gasteiger partial charge in [-0.3, -0.25) is 5.41 Å². The molecule has 0 fully saturated rings. The molecule has 0 saturated heterocycles. The number of benzene rings is 3. The molecule has 1 atom stereocenters. The molecule has 15 heteroatoms. The maximum atomic E-state index is 10.6. The van der Waals surface area contributed by atoms with E-state index < -0.39 is 30.4 Å². The summed E-state index contributed by atoms with van der Waals surface area (Å²) in [5.41, 5.74) is 4.58. The number of aliphatic hydroxyl groups excluding tert-OH is 1. The minimum atomic E-state index is -5.08. The van der Waals surface area contributed by atoms with Crippen LogP contribution in [-0.4, -0.2) is 61.5 Å². The van der Waals surface area contributed by atoms with Crippen LogP contribution in [0, 0.1) is 12.3 Å². The molecule has 0 aliphatic carbocycles. The molecule has 4 rings (SSSR count). The molecular weight excluding hydrogens is 588 g/mol. The fourth-order valence-corrected chi connectivity index (χ4v) is 3.50. The van der Waals surface area contributed by atoms with Gasteiger partial charge in [0.05, 0.1) is 24.1 Å². The van der Waals surface area contributed by atoms with Gasteiger partial charge in [-0.15, -0.1) is 0 Å². The highest BCUT2D eigenvalue weighted by Gasteiger charge is 2.38. The summed E-state index contributed by atoms with van der Waals surface area (Å²) in [7, 11) is 0. The number of carboxylic acid groups (broad SMARTS) is 2. The molecule has 0 aliphatic rings. The predicted octanol–water partition coefficient (Wildman–Crippen LogP) is 4.99. The first-order chi connectivity index (χ1) is 20.0. The van der Waals surface area contributed by atoms with E-state index >= 15 is 0 Å². The van der Waals surface area contributed by atoms with E-state index in [4.69, 9.17) is 29.9 Å². The Morgan fingerprint density at radius 3 is 1.70 bits per heavy atom. The van der Waals surface area contributed by atoms with Gasteiger partial charge in [-0.05, 0) is 36.8 Å². The highest BCUT2D eigenvalue weighted by atomic mass is 19.4. The van der Waals surface area contributed by atoms with Crippen molar-refractivity contribution in [1.29, 1.82) is 5.41 Å². The van der Waals surface area contributed by atoms with Gasteiger partial charge in [-0.1, -0.05) is 60.2 Å². The lowest BCUT2D eigenvalue weighted by Crippen LogP contribution is -2.31. The van der Waals surface area contributed by atoms with Crippen molar-refractivity contribution in [2.45, 2.75) is 38.5 Å². The molecule has 1 unspecified atom stereocenters. The standard InChI is InChI=1S/C24H25N3O2.2C2HF3O2/c1-18-11-13-21(14-12-18)29-17-20(28)16-27-23-10-6-5-9-22(23)26(24(27)25)15-19-7-3-2-4-8-19;2*3-2(4,5)1(6)7/h2-14,20,25,28H,15-17H2,1H3;2*(H,6,7). The first kappa shape index (κ1) is 34.4. The average molecular weight is 616 g/mol. The number of carboxylic acids is 2. The van der Waals surface area contributed by atoms with Gasteiger partial charge < -0.3 is 29.2 Å². The number of nitrogens with zero attached hydrogens (tertiary/aromatic N) is 2. The second kappa shape index (κ2) is 14.9. The Morgan fingerprint density at radius 2 is 1.23 bits per heavy atom. The maximum absolute atomic E-state index is 10.6. The van der Waals surface area contributed by atoms with Crippen molar-refractivity contribution >= 4 is 23.0 Å². The maximum Gasteiger partial charge on any atom is 0.490 e. The third kappa shape index (κ3) is 10.8. The van der Waals surface area contributed by atoms with Crippen LogP contribution in [0.1, 0.15) is 11.1 Å². The van der Waals surface area contributed by atoms with Gasteiger partial charge in [0.25, 0.3) is 0 Å². The highest BCUT2D eigenvalue weighted by molar-refractivity contribution is 5.76. The number of fused-ring (bicyclic) bond motifs is 1. The third-order valence-electron chi connectivity index (χ3n) is 5.50. The van der Waals surface area contributed by atoms with Crippen molar-refractivity contribution < 1.29 is 56.0 Å². The van der Waals surface area contributed by atoms with Crippen molar-refractivity contribution in [3.8, 4) is 5.75 Å². The van der Waals surface area contributed by atoms with E-state index in [-0.39, 0.29) is 6.61 Å². The smallest absolute Gasteiger partial charge is 0.490 e. The zero-order valence-electron chi connectivity index (χ0n) is 22.4. The number of hydrogen-bond donors (Lipinski definition) is 4. The summed E-state index contributed by atoms with van der Waals surface area (Å²) >= 11 is 0. The van der Waals surface area contributed by atoms with E-state index in [1.165, 1.54) is 5.56 Å². The number of hydrogen-bond acceptors (Lipinski definition) is 5. The number of imidazole rings is 1. The van der Waals surface area contributed by atoms with Crippen LogP contribution in [0.25, 0.3) is 11.0 Å². The van der Waals surface area contributed by atoms with Crippen LogP contribution in [0.5, 0.6) is 5.75 Å². The molecule has 0 radical (unpaired) electrons. The van der Waals surface area contributed by atoms with Crippen LogP contribution >= 0.6 is 0 Å². The zero-order chi connectivity index (χ0) is 32.4. The van der Waals surface area contributed by atoms with Crippen molar-refractivity contribution in [3.05, 3.63) is 95.6 Å². The van der Waals surface area contributed by atoms with Crippen LogP contribution in [0.15, 0.2) is 78.9 Å². The molecule has 4 N–H and O–H groups in total. The fraction of sp³-hybridized carbons (Fsp3) is 0.250. The van der Waals surface area contributed by atoms with Crippen LogP contribution in [0.3, 0.4) is 0 Å². The second-order valence-electron chi connectivity index (χ2n) is 8.88. The van der Waals surface area contributed by atoms with Crippen LogP contribution in [0.2, 0.25) is 0 Å². The summed E-state index contributed by atoms with van der Waals surface area (Å²) in [5.74, 6) is -4.78. The molecule has 4 aromatic rings. The molecule has 0 amide bonds. The largest absolute Gasteiger partial charge is 0.491 e. The van der Waals surface area contributed by atoms with Gasteiger partial charge in [0.2, 0.25) is 5.62 Å². The molecule has 43 heavy (non-hydrogen) atoms. The summed E-state index contributed by atoms with van der Waals surface area (Å²) in [4.78, 5) is 17.8. The van der Waals surface area contributed by atoms with E-state index in [9.17, 15) is 31.4 Å².